The van der Waals surface area contributed by atoms with Gasteiger partial charge in [0.2, 0.25) is 11.7 Å². The van der Waals surface area contributed by atoms with Crippen LogP contribution in [0.4, 0.5) is 0 Å². The third-order valence-electron chi connectivity index (χ3n) is 3.52. The standard InChI is InChI=1S/C18H17BrN4O3/c1-11(2)20-15(24)10-23-9-13(5-8-16(23)25)18-21-17(22-26-18)12-3-6-14(19)7-4-12/h3-9,11H,10H2,1-2H3,(H,20,24). The van der Waals surface area contributed by atoms with Crippen molar-refractivity contribution >= 4 is 21.8 Å². The first-order chi connectivity index (χ1) is 12.4. The third kappa shape index (κ3) is 4.26. The number of carbonyl (C=O) groups excluding carboxylic acids is 1. The Morgan fingerprint density at radius 2 is 1.88 bits per heavy atom. The first kappa shape index (κ1) is 18.1. The van der Waals surface area contributed by atoms with Crippen LogP contribution in [0.3, 0.4) is 0 Å². The predicted octanol–water partition coefficient (Wildman–Crippen LogP) is 2.85. The highest BCUT2D eigenvalue weighted by molar-refractivity contribution is 9.10. The Hall–Kier alpha value is -2.74. The first-order valence-electron chi connectivity index (χ1n) is 8.02. The zero-order chi connectivity index (χ0) is 18.7. The zero-order valence-corrected chi connectivity index (χ0v) is 15.9. The van der Waals surface area contributed by atoms with Crippen molar-refractivity contribution in [2.24, 2.45) is 0 Å². The van der Waals surface area contributed by atoms with E-state index in [1.807, 2.05) is 38.1 Å². The number of halogens is 1. The molecule has 2 aromatic heterocycles. The van der Waals surface area contributed by atoms with Crippen LogP contribution in [0, 0.1) is 0 Å². The van der Waals surface area contributed by atoms with Crippen molar-refractivity contribution in [1.82, 2.24) is 20.0 Å². The van der Waals surface area contributed by atoms with E-state index in [1.54, 1.807) is 12.3 Å². The number of benzene rings is 1. The van der Waals surface area contributed by atoms with Gasteiger partial charge in [0, 0.05) is 28.3 Å². The van der Waals surface area contributed by atoms with Crippen LogP contribution < -0.4 is 10.9 Å². The minimum Gasteiger partial charge on any atom is -0.352 e. The Morgan fingerprint density at radius 1 is 1.19 bits per heavy atom. The van der Waals surface area contributed by atoms with Gasteiger partial charge in [-0.2, -0.15) is 4.98 Å². The smallest absolute Gasteiger partial charge is 0.259 e. The van der Waals surface area contributed by atoms with Crippen LogP contribution in [0.15, 0.2) is 56.4 Å². The molecule has 0 atom stereocenters. The van der Waals surface area contributed by atoms with E-state index < -0.39 is 0 Å². The molecular formula is C18H17BrN4O3. The third-order valence-corrected chi connectivity index (χ3v) is 4.05. The number of amides is 1. The van der Waals surface area contributed by atoms with Gasteiger partial charge in [-0.1, -0.05) is 21.1 Å². The average Bonchev–Trinajstić information content (AvgIpc) is 3.07. The molecule has 2 heterocycles. The fourth-order valence-electron chi connectivity index (χ4n) is 2.36. The molecule has 134 valence electrons. The average molecular weight is 417 g/mol. The number of hydrogen-bond donors (Lipinski definition) is 1. The molecule has 26 heavy (non-hydrogen) atoms. The van der Waals surface area contributed by atoms with Gasteiger partial charge >= 0.3 is 0 Å². The summed E-state index contributed by atoms with van der Waals surface area (Å²) in [6.45, 7) is 3.65. The Morgan fingerprint density at radius 3 is 2.58 bits per heavy atom. The van der Waals surface area contributed by atoms with Gasteiger partial charge in [-0.3, -0.25) is 9.59 Å². The number of hydrogen-bond acceptors (Lipinski definition) is 5. The molecule has 1 amide bonds. The summed E-state index contributed by atoms with van der Waals surface area (Å²) >= 11 is 3.38. The molecule has 0 unspecified atom stereocenters. The van der Waals surface area contributed by atoms with Crippen molar-refractivity contribution in [3.8, 4) is 22.8 Å². The number of nitrogens with zero attached hydrogens (tertiary/aromatic N) is 3. The largest absolute Gasteiger partial charge is 0.352 e. The van der Waals surface area contributed by atoms with E-state index in [0.717, 1.165) is 10.0 Å². The van der Waals surface area contributed by atoms with E-state index in [4.69, 9.17) is 4.52 Å². The summed E-state index contributed by atoms with van der Waals surface area (Å²) in [5.74, 6) is 0.490. The number of pyridine rings is 1. The highest BCUT2D eigenvalue weighted by Crippen LogP contribution is 2.22. The number of nitrogens with one attached hydrogen (secondary N) is 1. The lowest BCUT2D eigenvalue weighted by atomic mass is 10.2. The maximum atomic E-state index is 12.0. The van der Waals surface area contributed by atoms with Gasteiger partial charge in [0.25, 0.3) is 11.4 Å². The molecule has 8 heteroatoms. The molecule has 3 aromatic rings. The minimum atomic E-state index is -0.277. The molecule has 0 saturated carbocycles. The zero-order valence-electron chi connectivity index (χ0n) is 14.3. The van der Waals surface area contributed by atoms with E-state index in [2.05, 4.69) is 31.4 Å². The molecule has 0 saturated heterocycles. The Balaban J connectivity index is 1.86. The van der Waals surface area contributed by atoms with Crippen molar-refractivity contribution in [3.05, 3.63) is 57.4 Å². The van der Waals surface area contributed by atoms with Crippen molar-refractivity contribution in [3.63, 3.8) is 0 Å². The summed E-state index contributed by atoms with van der Waals surface area (Å²) in [6.07, 6.45) is 1.54. The lowest BCUT2D eigenvalue weighted by Crippen LogP contribution is -2.35. The van der Waals surface area contributed by atoms with Gasteiger partial charge in [-0.05, 0) is 44.2 Å². The van der Waals surface area contributed by atoms with Gasteiger partial charge in [0.05, 0.1) is 5.56 Å². The van der Waals surface area contributed by atoms with Crippen LogP contribution in [0.2, 0.25) is 0 Å². The summed E-state index contributed by atoms with van der Waals surface area (Å²) in [4.78, 5) is 28.3. The second kappa shape index (κ2) is 7.65. The van der Waals surface area contributed by atoms with Gasteiger partial charge < -0.3 is 14.4 Å². The second-order valence-corrected chi connectivity index (χ2v) is 6.95. The van der Waals surface area contributed by atoms with Gasteiger partial charge in [-0.15, -0.1) is 0 Å². The van der Waals surface area contributed by atoms with Crippen LogP contribution in [-0.4, -0.2) is 26.7 Å². The highest BCUT2D eigenvalue weighted by atomic mass is 79.9. The van der Waals surface area contributed by atoms with Crippen molar-refractivity contribution in [2.75, 3.05) is 0 Å². The predicted molar refractivity (Wildman–Crippen MR) is 100 cm³/mol. The first-order valence-corrected chi connectivity index (χ1v) is 8.81. The molecule has 0 spiro atoms. The van der Waals surface area contributed by atoms with E-state index in [0.29, 0.717) is 11.4 Å². The van der Waals surface area contributed by atoms with Crippen LogP contribution >= 0.6 is 15.9 Å². The SMILES string of the molecule is CC(C)NC(=O)Cn1cc(-c2nc(-c3ccc(Br)cc3)no2)ccc1=O. The van der Waals surface area contributed by atoms with E-state index in [-0.39, 0.29) is 29.9 Å². The van der Waals surface area contributed by atoms with Crippen molar-refractivity contribution in [1.29, 1.82) is 0 Å². The van der Waals surface area contributed by atoms with Crippen LogP contribution in [0.5, 0.6) is 0 Å². The number of rotatable bonds is 5. The van der Waals surface area contributed by atoms with Crippen LogP contribution in [0.1, 0.15) is 13.8 Å². The lowest BCUT2D eigenvalue weighted by molar-refractivity contribution is -0.122. The van der Waals surface area contributed by atoms with Crippen LogP contribution in [0.25, 0.3) is 22.8 Å². The minimum absolute atomic E-state index is 0.00536. The maximum absolute atomic E-state index is 12.0. The van der Waals surface area contributed by atoms with Gasteiger partial charge in [-0.25, -0.2) is 0 Å². The van der Waals surface area contributed by atoms with Crippen molar-refractivity contribution in [2.45, 2.75) is 26.4 Å². The molecular weight excluding hydrogens is 400 g/mol. The molecule has 0 aliphatic heterocycles. The van der Waals surface area contributed by atoms with E-state index in [1.165, 1.54) is 10.6 Å². The van der Waals surface area contributed by atoms with E-state index >= 15 is 0 Å². The summed E-state index contributed by atoms with van der Waals surface area (Å²) < 4.78 is 7.58. The summed E-state index contributed by atoms with van der Waals surface area (Å²) in [5, 5.41) is 6.73. The highest BCUT2D eigenvalue weighted by Gasteiger charge is 2.13. The monoisotopic (exact) mass is 416 g/mol. The lowest BCUT2D eigenvalue weighted by Gasteiger charge is -2.10. The number of carbonyl (C=O) groups is 1. The molecule has 0 fully saturated rings. The molecule has 0 aliphatic carbocycles. The fourth-order valence-corrected chi connectivity index (χ4v) is 2.63. The molecule has 0 aliphatic rings. The summed E-state index contributed by atoms with van der Waals surface area (Å²) in [5.41, 5.74) is 1.10. The second-order valence-electron chi connectivity index (χ2n) is 6.04. The molecule has 3 rings (SSSR count). The quantitative estimate of drug-likeness (QED) is 0.690. The molecule has 0 radical (unpaired) electrons. The summed E-state index contributed by atoms with van der Waals surface area (Å²) in [6, 6.07) is 10.5. The Kier molecular flexibility index (Phi) is 5.32. The van der Waals surface area contributed by atoms with Gasteiger partial charge in [0.1, 0.15) is 6.54 Å². The van der Waals surface area contributed by atoms with Crippen molar-refractivity contribution < 1.29 is 9.32 Å². The Bertz CT molecular complexity index is 977. The fraction of sp³-hybridized carbons (Fsp3) is 0.222. The van der Waals surface area contributed by atoms with Crippen LogP contribution in [-0.2, 0) is 11.3 Å². The summed E-state index contributed by atoms with van der Waals surface area (Å²) in [7, 11) is 0. The topological polar surface area (TPSA) is 90.0 Å². The maximum Gasteiger partial charge on any atom is 0.259 e. The normalized spacial score (nSPS) is 10.9. The number of aromatic nitrogens is 3. The van der Waals surface area contributed by atoms with E-state index in [9.17, 15) is 9.59 Å². The molecule has 1 N–H and O–H groups in total. The molecule has 1 aromatic carbocycles. The van der Waals surface area contributed by atoms with Gasteiger partial charge in [0.15, 0.2) is 0 Å². The Labute approximate surface area is 158 Å². The molecule has 7 nitrogen and oxygen atoms in total. The molecule has 0 bridgehead atoms.